The van der Waals surface area contributed by atoms with Crippen LogP contribution in [0.25, 0.3) is 0 Å². The van der Waals surface area contributed by atoms with Gasteiger partial charge in [-0.15, -0.1) is 0 Å². The Morgan fingerprint density at radius 3 is 2.70 bits per heavy atom. The number of hydrogen-bond acceptors (Lipinski definition) is 4. The Morgan fingerprint density at radius 2 is 2.05 bits per heavy atom. The SMILES string of the molecule is CCNCCCN(C)S(=O)(=O)NC1CCOC1C1CC1. The van der Waals surface area contributed by atoms with Crippen LogP contribution in [0.2, 0.25) is 0 Å². The molecule has 1 saturated heterocycles. The quantitative estimate of drug-likeness (QED) is 0.602. The van der Waals surface area contributed by atoms with Crippen molar-refractivity contribution in [3.8, 4) is 0 Å². The molecule has 1 aliphatic carbocycles. The molecule has 0 aromatic rings. The summed E-state index contributed by atoms with van der Waals surface area (Å²) in [6.45, 7) is 4.99. The number of hydrogen-bond donors (Lipinski definition) is 2. The third-order valence-corrected chi connectivity index (χ3v) is 5.61. The summed E-state index contributed by atoms with van der Waals surface area (Å²) in [5.41, 5.74) is 0. The van der Waals surface area contributed by atoms with E-state index in [2.05, 4.69) is 10.0 Å². The largest absolute Gasteiger partial charge is 0.376 e. The van der Waals surface area contributed by atoms with Crippen molar-refractivity contribution in [2.75, 3.05) is 33.3 Å². The molecule has 1 aliphatic heterocycles. The van der Waals surface area contributed by atoms with Gasteiger partial charge in [-0.3, -0.25) is 0 Å². The van der Waals surface area contributed by atoms with Crippen LogP contribution in [0.5, 0.6) is 0 Å². The first kappa shape index (κ1) is 16.2. The van der Waals surface area contributed by atoms with E-state index in [1.54, 1.807) is 7.05 Å². The van der Waals surface area contributed by atoms with Gasteiger partial charge in [-0.2, -0.15) is 17.4 Å². The van der Waals surface area contributed by atoms with Crippen LogP contribution in [-0.2, 0) is 14.9 Å². The summed E-state index contributed by atoms with van der Waals surface area (Å²) in [5.74, 6) is 0.560. The van der Waals surface area contributed by atoms with Crippen LogP contribution in [-0.4, -0.2) is 58.2 Å². The number of ether oxygens (including phenoxy) is 1. The third kappa shape index (κ3) is 4.39. The lowest BCUT2D eigenvalue weighted by molar-refractivity contribution is 0.0845. The molecule has 2 unspecified atom stereocenters. The molecular formula is C13H27N3O3S. The van der Waals surface area contributed by atoms with E-state index in [1.165, 1.54) is 17.1 Å². The highest BCUT2D eigenvalue weighted by atomic mass is 32.2. The van der Waals surface area contributed by atoms with Crippen LogP contribution >= 0.6 is 0 Å². The summed E-state index contributed by atoms with van der Waals surface area (Å²) < 4.78 is 34.5. The lowest BCUT2D eigenvalue weighted by Crippen LogP contribution is -2.47. The summed E-state index contributed by atoms with van der Waals surface area (Å²) in [5, 5.41) is 3.20. The minimum absolute atomic E-state index is 0.0521. The normalized spacial score (nSPS) is 27.4. The van der Waals surface area contributed by atoms with E-state index in [1.807, 2.05) is 6.92 Å². The van der Waals surface area contributed by atoms with E-state index in [0.29, 0.717) is 19.1 Å². The molecule has 0 aromatic carbocycles. The Labute approximate surface area is 122 Å². The van der Waals surface area contributed by atoms with E-state index >= 15 is 0 Å². The summed E-state index contributed by atoms with van der Waals surface area (Å²) >= 11 is 0. The van der Waals surface area contributed by atoms with Crippen molar-refractivity contribution in [2.24, 2.45) is 5.92 Å². The van der Waals surface area contributed by atoms with Gasteiger partial charge >= 0.3 is 0 Å². The Balaban J connectivity index is 1.79. The molecular weight excluding hydrogens is 278 g/mol. The fraction of sp³-hybridized carbons (Fsp3) is 1.00. The zero-order valence-electron chi connectivity index (χ0n) is 12.5. The highest BCUT2D eigenvalue weighted by Gasteiger charge is 2.42. The third-order valence-electron chi connectivity index (χ3n) is 4.01. The van der Waals surface area contributed by atoms with Gasteiger partial charge in [-0.1, -0.05) is 6.92 Å². The van der Waals surface area contributed by atoms with Crippen molar-refractivity contribution < 1.29 is 13.2 Å². The van der Waals surface area contributed by atoms with Gasteiger partial charge in [0, 0.05) is 20.2 Å². The van der Waals surface area contributed by atoms with E-state index in [0.717, 1.165) is 25.9 Å². The smallest absolute Gasteiger partial charge is 0.279 e. The number of nitrogens with one attached hydrogen (secondary N) is 2. The van der Waals surface area contributed by atoms with Gasteiger partial charge in [-0.05, 0) is 44.7 Å². The Morgan fingerprint density at radius 1 is 1.30 bits per heavy atom. The second-order valence-electron chi connectivity index (χ2n) is 5.72. The van der Waals surface area contributed by atoms with Gasteiger partial charge in [0.25, 0.3) is 10.2 Å². The monoisotopic (exact) mass is 305 g/mol. The molecule has 0 aromatic heterocycles. The zero-order valence-corrected chi connectivity index (χ0v) is 13.3. The van der Waals surface area contributed by atoms with Gasteiger partial charge in [0.2, 0.25) is 0 Å². The van der Waals surface area contributed by atoms with Crippen LogP contribution in [0.1, 0.15) is 32.6 Å². The molecule has 118 valence electrons. The first-order valence-corrected chi connectivity index (χ1v) is 9.04. The molecule has 0 spiro atoms. The van der Waals surface area contributed by atoms with Crippen molar-refractivity contribution >= 4 is 10.2 Å². The van der Waals surface area contributed by atoms with E-state index in [4.69, 9.17) is 4.74 Å². The summed E-state index contributed by atoms with van der Waals surface area (Å²) in [7, 11) is -1.76. The van der Waals surface area contributed by atoms with Crippen molar-refractivity contribution in [3.05, 3.63) is 0 Å². The maximum atomic E-state index is 12.3. The van der Waals surface area contributed by atoms with E-state index < -0.39 is 10.2 Å². The minimum Gasteiger partial charge on any atom is -0.376 e. The lowest BCUT2D eigenvalue weighted by Gasteiger charge is -2.23. The van der Waals surface area contributed by atoms with Crippen LogP contribution in [0.4, 0.5) is 0 Å². The molecule has 2 fully saturated rings. The predicted octanol–water partition coefficient (Wildman–Crippen LogP) is 0.320. The maximum absolute atomic E-state index is 12.3. The summed E-state index contributed by atoms with van der Waals surface area (Å²) in [6.07, 6.45) is 4.02. The van der Waals surface area contributed by atoms with Crippen LogP contribution < -0.4 is 10.0 Å². The van der Waals surface area contributed by atoms with E-state index in [-0.39, 0.29) is 12.1 Å². The standard InChI is InChI=1S/C13H27N3O3S/c1-3-14-8-4-9-16(2)20(17,18)15-12-7-10-19-13(12)11-5-6-11/h11-15H,3-10H2,1-2H3. The van der Waals surface area contributed by atoms with Crippen LogP contribution in [0, 0.1) is 5.92 Å². The topological polar surface area (TPSA) is 70.7 Å². The molecule has 2 atom stereocenters. The second kappa shape index (κ2) is 7.17. The van der Waals surface area contributed by atoms with Crippen LogP contribution in [0.15, 0.2) is 0 Å². The van der Waals surface area contributed by atoms with Crippen LogP contribution in [0.3, 0.4) is 0 Å². The highest BCUT2D eigenvalue weighted by Crippen LogP contribution is 2.38. The van der Waals surface area contributed by atoms with Gasteiger partial charge in [-0.25, -0.2) is 0 Å². The Hall–Kier alpha value is -0.210. The van der Waals surface area contributed by atoms with Gasteiger partial charge in [0.15, 0.2) is 0 Å². The molecule has 2 rings (SSSR count). The predicted molar refractivity (Wildman–Crippen MR) is 78.7 cm³/mol. The molecule has 0 bridgehead atoms. The average Bonchev–Trinajstić information content (AvgIpc) is 3.15. The molecule has 2 N–H and O–H groups in total. The fourth-order valence-corrected chi connectivity index (χ4v) is 3.82. The zero-order chi connectivity index (χ0) is 14.6. The molecule has 6 nitrogen and oxygen atoms in total. The molecule has 1 heterocycles. The van der Waals surface area contributed by atoms with Gasteiger partial charge in [0.1, 0.15) is 0 Å². The first-order valence-electron chi connectivity index (χ1n) is 7.60. The first-order chi connectivity index (χ1) is 9.54. The van der Waals surface area contributed by atoms with Gasteiger partial charge in [0.05, 0.1) is 12.1 Å². The molecule has 2 aliphatic rings. The fourth-order valence-electron chi connectivity index (χ4n) is 2.63. The summed E-state index contributed by atoms with van der Waals surface area (Å²) in [6, 6.07) is -0.0521. The van der Waals surface area contributed by atoms with Gasteiger partial charge < -0.3 is 10.1 Å². The highest BCUT2D eigenvalue weighted by molar-refractivity contribution is 7.87. The molecule has 7 heteroatoms. The van der Waals surface area contributed by atoms with E-state index in [9.17, 15) is 8.42 Å². The number of nitrogens with zero attached hydrogens (tertiary/aromatic N) is 1. The van der Waals surface area contributed by atoms with Crippen molar-refractivity contribution in [1.82, 2.24) is 14.3 Å². The summed E-state index contributed by atoms with van der Waals surface area (Å²) in [4.78, 5) is 0. The van der Waals surface area contributed by atoms with Crippen molar-refractivity contribution in [3.63, 3.8) is 0 Å². The average molecular weight is 305 g/mol. The van der Waals surface area contributed by atoms with Crippen molar-refractivity contribution in [2.45, 2.75) is 44.8 Å². The molecule has 1 saturated carbocycles. The number of rotatable bonds is 9. The minimum atomic E-state index is -3.39. The maximum Gasteiger partial charge on any atom is 0.279 e. The molecule has 20 heavy (non-hydrogen) atoms. The molecule has 0 amide bonds. The molecule has 0 radical (unpaired) electrons. The Bertz CT molecular complexity index is 398. The second-order valence-corrected chi connectivity index (χ2v) is 7.53. The Kier molecular flexibility index (Phi) is 5.80. The van der Waals surface area contributed by atoms with Crippen molar-refractivity contribution in [1.29, 1.82) is 0 Å². The lowest BCUT2D eigenvalue weighted by atomic mass is 10.1.